The summed E-state index contributed by atoms with van der Waals surface area (Å²) in [6, 6.07) is 0.260. The number of urea groups is 1. The van der Waals surface area contributed by atoms with E-state index < -0.39 is 0 Å². The molecule has 2 amide bonds. The lowest BCUT2D eigenvalue weighted by atomic mass is 10.1. The topological polar surface area (TPSA) is 75.9 Å². The van der Waals surface area contributed by atoms with Crippen molar-refractivity contribution in [2.75, 3.05) is 18.4 Å². The van der Waals surface area contributed by atoms with Gasteiger partial charge in [0.15, 0.2) is 5.13 Å². The summed E-state index contributed by atoms with van der Waals surface area (Å²) in [7, 11) is 0. The second-order valence-corrected chi connectivity index (χ2v) is 6.04. The highest BCUT2D eigenvalue weighted by Gasteiger charge is 2.22. The Kier molecular flexibility index (Phi) is 4.14. The fourth-order valence-corrected chi connectivity index (χ4v) is 3.22. The molecule has 0 saturated carbocycles. The molecule has 1 unspecified atom stereocenters. The molecule has 2 aromatic heterocycles. The fraction of sp³-hybridized carbons (Fsp3) is 0.538. The van der Waals surface area contributed by atoms with Crippen LogP contribution in [0.25, 0.3) is 0 Å². The lowest BCUT2D eigenvalue weighted by Gasteiger charge is -2.20. The van der Waals surface area contributed by atoms with Crippen LogP contribution in [-0.4, -0.2) is 44.0 Å². The van der Waals surface area contributed by atoms with Gasteiger partial charge in [0.25, 0.3) is 0 Å². The van der Waals surface area contributed by atoms with E-state index in [9.17, 15) is 4.79 Å². The van der Waals surface area contributed by atoms with E-state index in [1.54, 1.807) is 6.20 Å². The van der Waals surface area contributed by atoms with Gasteiger partial charge in [-0.1, -0.05) is 5.21 Å². The first-order valence-corrected chi connectivity index (χ1v) is 7.94. The molecule has 8 heteroatoms. The van der Waals surface area contributed by atoms with E-state index >= 15 is 0 Å². The molecule has 0 aliphatic carbocycles. The van der Waals surface area contributed by atoms with E-state index in [1.165, 1.54) is 11.3 Å². The van der Waals surface area contributed by atoms with Crippen molar-refractivity contribution in [3.63, 3.8) is 0 Å². The minimum Gasteiger partial charge on any atom is -0.324 e. The SMILES string of the molecule is Cc1csc(NC(=O)N2CCCC(n3ccnn3)CC2)n1. The van der Waals surface area contributed by atoms with Crippen LogP contribution < -0.4 is 5.32 Å². The van der Waals surface area contributed by atoms with Crippen molar-refractivity contribution in [3.8, 4) is 0 Å². The molecule has 7 nitrogen and oxygen atoms in total. The predicted octanol–water partition coefficient (Wildman–Crippen LogP) is 2.30. The number of likely N-dealkylation sites (tertiary alicyclic amines) is 1. The molecule has 1 atom stereocenters. The van der Waals surface area contributed by atoms with Crippen molar-refractivity contribution in [1.29, 1.82) is 0 Å². The average Bonchev–Trinajstić information content (AvgIpc) is 3.06. The van der Waals surface area contributed by atoms with Crippen LogP contribution in [0.3, 0.4) is 0 Å². The molecular formula is C13H18N6OS. The van der Waals surface area contributed by atoms with E-state index in [2.05, 4.69) is 20.6 Å². The van der Waals surface area contributed by atoms with Crippen molar-refractivity contribution >= 4 is 22.5 Å². The Balaban J connectivity index is 1.58. The van der Waals surface area contributed by atoms with Gasteiger partial charge >= 0.3 is 6.03 Å². The van der Waals surface area contributed by atoms with Gasteiger partial charge in [0.1, 0.15) is 0 Å². The standard InChI is InChI=1S/C13H18N6OS/c1-10-9-21-12(15-10)16-13(20)18-6-2-3-11(4-7-18)19-8-5-14-17-19/h5,8-9,11H,2-4,6-7H2,1H3,(H,15,16,20). The summed E-state index contributed by atoms with van der Waals surface area (Å²) in [5.74, 6) is 0. The van der Waals surface area contributed by atoms with Crippen molar-refractivity contribution in [2.45, 2.75) is 32.2 Å². The molecule has 0 bridgehead atoms. The van der Waals surface area contributed by atoms with Crippen LogP contribution in [0.5, 0.6) is 0 Å². The first-order valence-electron chi connectivity index (χ1n) is 7.06. The number of carbonyl (C=O) groups excluding carboxylic acids is 1. The number of anilines is 1. The zero-order valence-electron chi connectivity index (χ0n) is 11.9. The summed E-state index contributed by atoms with van der Waals surface area (Å²) in [6.07, 6.45) is 6.46. The second-order valence-electron chi connectivity index (χ2n) is 5.18. The molecule has 3 heterocycles. The third-order valence-corrected chi connectivity index (χ3v) is 4.51. The van der Waals surface area contributed by atoms with E-state index in [-0.39, 0.29) is 6.03 Å². The summed E-state index contributed by atoms with van der Waals surface area (Å²) in [4.78, 5) is 18.4. The highest BCUT2D eigenvalue weighted by Crippen LogP contribution is 2.22. The third kappa shape index (κ3) is 3.38. The summed E-state index contributed by atoms with van der Waals surface area (Å²) >= 11 is 1.45. The zero-order valence-corrected chi connectivity index (χ0v) is 12.7. The van der Waals surface area contributed by atoms with E-state index in [1.807, 2.05) is 28.1 Å². The molecule has 0 aromatic carbocycles. The highest BCUT2D eigenvalue weighted by molar-refractivity contribution is 7.13. The molecule has 0 spiro atoms. The molecule has 3 rings (SSSR count). The van der Waals surface area contributed by atoms with E-state index in [4.69, 9.17) is 0 Å². The molecule has 1 saturated heterocycles. The molecule has 1 aliphatic heterocycles. The number of aromatic nitrogens is 4. The predicted molar refractivity (Wildman–Crippen MR) is 80.4 cm³/mol. The Morgan fingerprint density at radius 2 is 2.33 bits per heavy atom. The molecule has 21 heavy (non-hydrogen) atoms. The van der Waals surface area contributed by atoms with Crippen molar-refractivity contribution in [1.82, 2.24) is 24.9 Å². The van der Waals surface area contributed by atoms with Crippen LogP contribution in [0.4, 0.5) is 9.93 Å². The lowest BCUT2D eigenvalue weighted by molar-refractivity contribution is 0.213. The molecule has 1 aliphatic rings. The van der Waals surface area contributed by atoms with Crippen LogP contribution in [0, 0.1) is 6.92 Å². The van der Waals surface area contributed by atoms with Gasteiger partial charge in [-0.05, 0) is 26.2 Å². The molecule has 2 aromatic rings. The minimum atomic E-state index is -0.0661. The van der Waals surface area contributed by atoms with Gasteiger partial charge in [-0.3, -0.25) is 5.32 Å². The van der Waals surface area contributed by atoms with E-state index in [0.717, 1.165) is 38.0 Å². The number of amides is 2. The Morgan fingerprint density at radius 1 is 1.43 bits per heavy atom. The van der Waals surface area contributed by atoms with Gasteiger partial charge in [0.05, 0.1) is 17.9 Å². The smallest absolute Gasteiger partial charge is 0.323 e. The number of rotatable bonds is 2. The maximum Gasteiger partial charge on any atom is 0.323 e. The maximum atomic E-state index is 12.3. The van der Waals surface area contributed by atoms with Crippen LogP contribution in [-0.2, 0) is 0 Å². The monoisotopic (exact) mass is 306 g/mol. The van der Waals surface area contributed by atoms with Crippen molar-refractivity contribution < 1.29 is 4.79 Å². The third-order valence-electron chi connectivity index (χ3n) is 3.63. The molecule has 0 radical (unpaired) electrons. The number of nitrogens with zero attached hydrogens (tertiary/aromatic N) is 5. The Bertz CT molecular complexity index is 596. The summed E-state index contributed by atoms with van der Waals surface area (Å²) in [5, 5.41) is 13.4. The number of hydrogen-bond acceptors (Lipinski definition) is 5. The largest absolute Gasteiger partial charge is 0.324 e. The van der Waals surface area contributed by atoms with Crippen LogP contribution in [0.2, 0.25) is 0 Å². The summed E-state index contributed by atoms with van der Waals surface area (Å²) in [6.45, 7) is 3.41. The van der Waals surface area contributed by atoms with Gasteiger partial charge in [0.2, 0.25) is 0 Å². The van der Waals surface area contributed by atoms with Crippen LogP contribution in [0.1, 0.15) is 31.0 Å². The Hall–Kier alpha value is -1.96. The van der Waals surface area contributed by atoms with Crippen LogP contribution in [0.15, 0.2) is 17.8 Å². The van der Waals surface area contributed by atoms with Gasteiger partial charge in [0, 0.05) is 24.7 Å². The molecule has 1 fully saturated rings. The van der Waals surface area contributed by atoms with Gasteiger partial charge in [-0.2, -0.15) is 0 Å². The number of nitrogens with one attached hydrogen (secondary N) is 1. The van der Waals surface area contributed by atoms with Gasteiger partial charge < -0.3 is 4.90 Å². The molecule has 112 valence electrons. The van der Waals surface area contributed by atoms with Crippen molar-refractivity contribution in [2.24, 2.45) is 0 Å². The minimum absolute atomic E-state index is 0.0661. The zero-order chi connectivity index (χ0) is 14.7. The number of carbonyl (C=O) groups is 1. The molecule has 1 N–H and O–H groups in total. The first-order chi connectivity index (χ1) is 10.2. The van der Waals surface area contributed by atoms with Crippen LogP contribution >= 0.6 is 11.3 Å². The average molecular weight is 306 g/mol. The van der Waals surface area contributed by atoms with Gasteiger partial charge in [-0.25, -0.2) is 14.5 Å². The summed E-state index contributed by atoms with van der Waals surface area (Å²) < 4.78 is 1.89. The normalized spacial score (nSPS) is 19.3. The first kappa shape index (κ1) is 14.0. The fourth-order valence-electron chi connectivity index (χ4n) is 2.54. The maximum absolute atomic E-state index is 12.3. The Morgan fingerprint density at radius 3 is 3.05 bits per heavy atom. The Labute approximate surface area is 127 Å². The molecular weight excluding hydrogens is 288 g/mol. The van der Waals surface area contributed by atoms with E-state index in [0.29, 0.717) is 11.2 Å². The van der Waals surface area contributed by atoms with Crippen molar-refractivity contribution in [3.05, 3.63) is 23.5 Å². The highest BCUT2D eigenvalue weighted by atomic mass is 32.1. The number of aryl methyl sites for hydroxylation is 1. The lowest BCUT2D eigenvalue weighted by Crippen LogP contribution is -2.35. The second kappa shape index (κ2) is 6.21. The van der Waals surface area contributed by atoms with Gasteiger partial charge in [-0.15, -0.1) is 16.4 Å². The summed E-state index contributed by atoms with van der Waals surface area (Å²) in [5.41, 5.74) is 0.928. The number of hydrogen-bond donors (Lipinski definition) is 1. The quantitative estimate of drug-likeness (QED) is 0.923. The number of thiazole rings is 1.